The number of aromatic carboxylic acids is 1. The molecule has 2 fully saturated rings. The molecular formula is C28H30ClN3O4. The third kappa shape index (κ3) is 4.06. The number of aromatic hydroxyl groups is 1. The van der Waals surface area contributed by atoms with E-state index in [0.717, 1.165) is 43.6 Å². The molecule has 1 aliphatic heterocycles. The molecule has 1 saturated heterocycles. The maximum atomic E-state index is 12.4. The molecule has 0 amide bonds. The van der Waals surface area contributed by atoms with Crippen molar-refractivity contribution in [2.45, 2.75) is 31.8 Å². The number of aryl methyl sites for hydroxylation is 1. The highest BCUT2D eigenvalue weighted by Crippen LogP contribution is 2.50. The minimum absolute atomic E-state index is 0. The van der Waals surface area contributed by atoms with E-state index < -0.39 is 22.8 Å². The largest absolute Gasteiger partial charge is 0.506 e. The molecule has 3 N–H and O–H groups in total. The zero-order chi connectivity index (χ0) is 24.3. The van der Waals surface area contributed by atoms with Crippen molar-refractivity contribution in [1.82, 2.24) is 9.88 Å². The number of rotatable bonds is 5. The van der Waals surface area contributed by atoms with Crippen molar-refractivity contribution in [3.05, 3.63) is 81.1 Å². The number of hydrogen-bond acceptors (Lipinski definition) is 5. The van der Waals surface area contributed by atoms with Crippen LogP contribution in [0.25, 0.3) is 11.3 Å². The lowest BCUT2D eigenvalue weighted by molar-refractivity contribution is 0.0691. The van der Waals surface area contributed by atoms with Gasteiger partial charge in [-0.2, -0.15) is 0 Å². The van der Waals surface area contributed by atoms with Gasteiger partial charge in [0, 0.05) is 42.5 Å². The second-order valence-corrected chi connectivity index (χ2v) is 10.2. The van der Waals surface area contributed by atoms with Crippen LogP contribution in [0.2, 0.25) is 0 Å². The molecule has 6 rings (SSSR count). The van der Waals surface area contributed by atoms with Crippen molar-refractivity contribution in [3.8, 4) is 17.0 Å². The Hall–Kier alpha value is -3.29. The molecule has 0 spiro atoms. The summed E-state index contributed by atoms with van der Waals surface area (Å²) < 4.78 is 0. The maximum Gasteiger partial charge on any atom is 0.345 e. The number of anilines is 1. The van der Waals surface area contributed by atoms with Gasteiger partial charge < -0.3 is 20.1 Å². The minimum Gasteiger partial charge on any atom is -0.506 e. The van der Waals surface area contributed by atoms with Crippen LogP contribution in [0.5, 0.6) is 5.75 Å². The summed E-state index contributed by atoms with van der Waals surface area (Å²) in [6.45, 7) is 3.07. The number of benzene rings is 2. The fourth-order valence-electron chi connectivity index (χ4n) is 6.32. The number of aromatic nitrogens is 1. The molecule has 3 atom stereocenters. The van der Waals surface area contributed by atoms with E-state index in [9.17, 15) is 19.8 Å². The number of pyridine rings is 1. The fraction of sp³-hybridized carbons (Fsp3) is 0.357. The molecule has 188 valence electrons. The first kappa shape index (κ1) is 24.4. The number of fused-ring (bicyclic) bond motifs is 4. The summed E-state index contributed by atoms with van der Waals surface area (Å²) in [4.78, 5) is 31.5. The van der Waals surface area contributed by atoms with Gasteiger partial charge in [-0.25, -0.2) is 4.79 Å². The monoisotopic (exact) mass is 507 g/mol. The van der Waals surface area contributed by atoms with E-state index in [1.54, 1.807) is 0 Å². The third-order valence-electron chi connectivity index (χ3n) is 8.03. The number of nitrogens with zero attached hydrogens (tertiary/aromatic N) is 2. The first-order valence-electron chi connectivity index (χ1n) is 12.3. The van der Waals surface area contributed by atoms with Crippen LogP contribution >= 0.6 is 12.4 Å². The molecule has 3 aromatic rings. The predicted molar refractivity (Wildman–Crippen MR) is 141 cm³/mol. The lowest BCUT2D eigenvalue weighted by Gasteiger charge is -2.26. The zero-order valence-corrected chi connectivity index (χ0v) is 20.9. The van der Waals surface area contributed by atoms with Gasteiger partial charge in [-0.1, -0.05) is 36.4 Å². The molecule has 2 aromatic carbocycles. The topological polar surface area (TPSA) is 96.9 Å². The van der Waals surface area contributed by atoms with Gasteiger partial charge in [0.05, 0.1) is 5.69 Å². The van der Waals surface area contributed by atoms with Crippen LogP contribution in [-0.2, 0) is 19.4 Å². The number of halogens is 1. The van der Waals surface area contributed by atoms with Crippen molar-refractivity contribution in [1.29, 1.82) is 0 Å². The SMILES string of the molecule is CN(Cc1ccccc1)C1[C@H]2CN(c3ccc4c(c3)CCCc3c-4[nH]c(=O)c(C(=O)O)c3O)C[C@@H]12.Cl. The smallest absolute Gasteiger partial charge is 0.345 e. The first-order valence-corrected chi connectivity index (χ1v) is 12.3. The molecular weight excluding hydrogens is 478 g/mol. The van der Waals surface area contributed by atoms with Gasteiger partial charge >= 0.3 is 5.97 Å². The summed E-state index contributed by atoms with van der Waals surface area (Å²) in [5, 5.41) is 19.9. The average molecular weight is 508 g/mol. The second-order valence-electron chi connectivity index (χ2n) is 10.2. The maximum absolute atomic E-state index is 12.4. The van der Waals surface area contributed by atoms with Crippen LogP contribution < -0.4 is 10.5 Å². The van der Waals surface area contributed by atoms with Gasteiger partial charge in [-0.05, 0) is 61.4 Å². The lowest BCUT2D eigenvalue weighted by atomic mass is 9.99. The molecule has 1 saturated carbocycles. The highest BCUT2D eigenvalue weighted by Gasteiger charge is 2.57. The molecule has 8 heteroatoms. The highest BCUT2D eigenvalue weighted by atomic mass is 35.5. The minimum atomic E-state index is -1.41. The Morgan fingerprint density at radius 1 is 1.11 bits per heavy atom. The summed E-state index contributed by atoms with van der Waals surface area (Å²) in [6.07, 6.45) is 2.11. The Kier molecular flexibility index (Phi) is 6.30. The van der Waals surface area contributed by atoms with E-state index in [1.165, 1.54) is 11.3 Å². The van der Waals surface area contributed by atoms with E-state index in [0.29, 0.717) is 35.6 Å². The summed E-state index contributed by atoms with van der Waals surface area (Å²) in [5.74, 6) is -0.442. The second kappa shape index (κ2) is 9.30. The molecule has 2 heterocycles. The Labute approximate surface area is 215 Å². The number of piperidine rings is 1. The van der Waals surface area contributed by atoms with Crippen LogP contribution in [0.4, 0.5) is 5.69 Å². The number of carboxylic acid groups (broad SMARTS) is 1. The third-order valence-corrected chi connectivity index (χ3v) is 8.03. The van der Waals surface area contributed by atoms with E-state index in [2.05, 4.69) is 64.3 Å². The lowest BCUT2D eigenvalue weighted by Crippen LogP contribution is -2.32. The normalized spacial score (nSPS) is 21.7. The summed E-state index contributed by atoms with van der Waals surface area (Å²) in [5.41, 5.74) is 4.25. The molecule has 0 radical (unpaired) electrons. The van der Waals surface area contributed by atoms with Crippen molar-refractivity contribution >= 4 is 24.1 Å². The Morgan fingerprint density at radius 3 is 2.53 bits per heavy atom. The average Bonchev–Trinajstić information content (AvgIpc) is 3.41. The highest BCUT2D eigenvalue weighted by molar-refractivity contribution is 5.92. The fourth-order valence-corrected chi connectivity index (χ4v) is 6.32. The molecule has 1 aromatic heterocycles. The van der Waals surface area contributed by atoms with Crippen LogP contribution in [0.3, 0.4) is 0 Å². The number of carboxylic acids is 1. The summed E-state index contributed by atoms with van der Waals surface area (Å²) in [6, 6.07) is 17.5. The van der Waals surface area contributed by atoms with Gasteiger partial charge in [0.1, 0.15) is 5.75 Å². The van der Waals surface area contributed by atoms with Crippen molar-refractivity contribution in [2.75, 3.05) is 25.0 Å². The quantitative estimate of drug-likeness (QED) is 0.484. The van der Waals surface area contributed by atoms with Gasteiger partial charge in [-0.3, -0.25) is 9.69 Å². The van der Waals surface area contributed by atoms with E-state index >= 15 is 0 Å². The van der Waals surface area contributed by atoms with Gasteiger partial charge in [0.15, 0.2) is 5.56 Å². The Bertz CT molecular complexity index is 1360. The van der Waals surface area contributed by atoms with Crippen LogP contribution in [0, 0.1) is 11.8 Å². The van der Waals surface area contributed by atoms with Crippen LogP contribution in [0.1, 0.15) is 33.5 Å². The number of carbonyl (C=O) groups is 1. The Balaban J connectivity index is 0.00000267. The van der Waals surface area contributed by atoms with Gasteiger partial charge in [-0.15, -0.1) is 12.4 Å². The zero-order valence-electron chi connectivity index (χ0n) is 20.1. The van der Waals surface area contributed by atoms with E-state index in [4.69, 9.17) is 0 Å². The molecule has 3 aliphatic rings. The van der Waals surface area contributed by atoms with Crippen molar-refractivity contribution in [3.63, 3.8) is 0 Å². The number of H-pyrrole nitrogens is 1. The standard InChI is InChI=1S/C28H29N3O4.ClH/c1-30(13-16-6-3-2-4-7-16)25-21-14-31(15-22(21)25)18-10-11-19-17(12-18)8-5-9-20-24(19)29-27(33)23(26(20)32)28(34)35;/h2-4,6-7,10-12,21-22,25H,5,8-9,13-15H2,1H3,(H,34,35)(H2,29,32,33);1H/t21-,22+,25?;. The van der Waals surface area contributed by atoms with Crippen LogP contribution in [0.15, 0.2) is 53.3 Å². The Morgan fingerprint density at radius 2 is 1.83 bits per heavy atom. The molecule has 0 bridgehead atoms. The molecule has 7 nitrogen and oxygen atoms in total. The van der Waals surface area contributed by atoms with Gasteiger partial charge in [0.25, 0.3) is 5.56 Å². The van der Waals surface area contributed by atoms with Crippen LogP contribution in [-0.4, -0.2) is 52.2 Å². The van der Waals surface area contributed by atoms with E-state index in [1.807, 2.05) is 6.07 Å². The van der Waals surface area contributed by atoms with E-state index in [-0.39, 0.29) is 12.4 Å². The van der Waals surface area contributed by atoms with Crippen molar-refractivity contribution in [2.24, 2.45) is 11.8 Å². The molecule has 1 unspecified atom stereocenters. The van der Waals surface area contributed by atoms with Crippen molar-refractivity contribution < 1.29 is 15.0 Å². The first-order chi connectivity index (χ1) is 16.9. The summed E-state index contributed by atoms with van der Waals surface area (Å²) >= 11 is 0. The number of aromatic amines is 1. The molecule has 2 aliphatic carbocycles. The number of hydrogen-bond donors (Lipinski definition) is 3. The van der Waals surface area contributed by atoms with Gasteiger partial charge in [0.2, 0.25) is 0 Å². The molecule has 36 heavy (non-hydrogen) atoms. The summed E-state index contributed by atoms with van der Waals surface area (Å²) in [7, 11) is 2.23. The predicted octanol–water partition coefficient (Wildman–Crippen LogP) is 3.92. The number of nitrogens with one attached hydrogen (secondary N) is 1.